The summed E-state index contributed by atoms with van der Waals surface area (Å²) in [7, 11) is 4.68. The lowest BCUT2D eigenvalue weighted by molar-refractivity contribution is -0.353. The number of ether oxygens (including phenoxy) is 14. The first-order chi connectivity index (χ1) is 39.3. The standard InChI is InChI=1S/C59H94O24/c1-25(2)18-40(62)81-51-27(4)74-41(21-36(51)70-9)82-52-28(5)75-42(22-37(52)71-10)83-53-29(6)76-57(50(69)54(53)72-11)77-31-14-16-58(7)30(19-31)12-13-32-33(58)15-17-59(8)34(32)20-35(43(59)26(3)61)78-56-49(68)47(66)45(64)39(80-56)24-73-55-48(67)46(65)44(63)38(23-60)79-55/h12,18,27-29,31-39,41-57,60,63-69H,13-17,19-24H2,1-11H3/t27-,28-,29-,31+,32-,33+,34+,35-,36-,37+,38-,39-,41+,42+,43+,44-,45-,46+,47+,48-,49-,50-,51-,52-,53-,54-,55-,56-,57+,58+,59+/m1/s1. The second-order valence-corrected chi connectivity index (χ2v) is 25.6. The molecule has 0 amide bonds. The molecule has 0 bridgehead atoms. The van der Waals surface area contributed by atoms with Gasteiger partial charge in [-0.3, -0.25) is 4.79 Å². The van der Waals surface area contributed by atoms with Crippen LogP contribution in [0.2, 0.25) is 0 Å². The van der Waals surface area contributed by atoms with Crippen molar-refractivity contribution in [2.45, 2.75) is 267 Å². The molecule has 474 valence electrons. The Balaban J connectivity index is 0.792. The van der Waals surface area contributed by atoms with Crippen LogP contribution in [-0.4, -0.2) is 241 Å². The van der Waals surface area contributed by atoms with Gasteiger partial charge in [-0.05, 0) is 115 Å². The van der Waals surface area contributed by atoms with E-state index in [2.05, 4.69) is 19.9 Å². The van der Waals surface area contributed by atoms with Crippen molar-refractivity contribution in [1.82, 2.24) is 0 Å². The van der Waals surface area contributed by atoms with Crippen molar-refractivity contribution in [2.24, 2.45) is 34.5 Å². The molecule has 83 heavy (non-hydrogen) atoms. The minimum Gasteiger partial charge on any atom is -0.454 e. The fourth-order valence-electron chi connectivity index (χ4n) is 15.8. The Morgan fingerprint density at radius 3 is 1.83 bits per heavy atom. The van der Waals surface area contributed by atoms with Gasteiger partial charge in [-0.25, -0.2) is 4.79 Å². The zero-order valence-corrected chi connectivity index (χ0v) is 49.8. The van der Waals surface area contributed by atoms with Crippen molar-refractivity contribution in [3.63, 3.8) is 0 Å². The molecule has 8 N–H and O–H groups in total. The predicted molar refractivity (Wildman–Crippen MR) is 287 cm³/mol. The van der Waals surface area contributed by atoms with Crippen molar-refractivity contribution < 1.29 is 117 Å². The molecular weight excluding hydrogens is 1090 g/mol. The summed E-state index contributed by atoms with van der Waals surface area (Å²) in [6.45, 7) is 14.0. The summed E-state index contributed by atoms with van der Waals surface area (Å²) in [5, 5.41) is 85.7. The number of fused-ring (bicyclic) bond motifs is 5. The molecule has 5 aliphatic heterocycles. The molecule has 0 aromatic carbocycles. The number of carbonyl (C=O) groups is 2. The third kappa shape index (κ3) is 13.1. The topological polar surface area (TPSA) is 325 Å². The number of allylic oxidation sites excluding steroid dienone is 2. The second kappa shape index (κ2) is 26.9. The summed E-state index contributed by atoms with van der Waals surface area (Å²) in [5.41, 5.74) is 1.49. The maximum atomic E-state index is 13.8. The molecule has 4 aliphatic carbocycles. The Morgan fingerprint density at radius 1 is 0.614 bits per heavy atom. The normalized spacial score (nSPS) is 50.1. The molecule has 0 aromatic heterocycles. The molecule has 0 aromatic rings. The van der Waals surface area contributed by atoms with Crippen LogP contribution in [0.15, 0.2) is 23.3 Å². The lowest BCUT2D eigenvalue weighted by atomic mass is 9.47. The van der Waals surface area contributed by atoms with Crippen LogP contribution in [0.1, 0.15) is 113 Å². The SMILES string of the molecule is CO[C@@H]1[C@@H](O)[C@H](O[C@H]2CC[C@@]3(C)C(=CC[C@H]4[C@@H]5C[C@@H](O[C@@H]6O[C@H](CO[C@@H]7O[C@H](CO)[C@@H](O)[C@H](O)[C@H]7O)[C@@H](O)[C@H](O)[C@H]6O)[C@H](C(C)=O)[C@@]5(C)CC[C@@H]43)C2)O[C@H](C)[C@H]1O[C@H]1C[C@H](OC)[C@H](O[C@H]2C[C@@H](OC)[C@H](OC(=O)C=C(C)C)[C@@H](C)O2)[C@@H](C)O1. The quantitative estimate of drug-likeness (QED) is 0.0544. The third-order valence-electron chi connectivity index (χ3n) is 20.2. The van der Waals surface area contributed by atoms with Crippen molar-refractivity contribution in [3.05, 3.63) is 23.3 Å². The molecule has 3 saturated carbocycles. The van der Waals surface area contributed by atoms with E-state index in [9.17, 15) is 50.4 Å². The number of aliphatic hydroxyl groups is 8. The lowest BCUT2D eigenvalue weighted by Gasteiger charge is -2.58. The van der Waals surface area contributed by atoms with Crippen molar-refractivity contribution >= 4 is 11.8 Å². The summed E-state index contributed by atoms with van der Waals surface area (Å²) in [6.07, 6.45) is -16.2. The molecule has 31 atom stereocenters. The van der Waals surface area contributed by atoms with E-state index in [0.29, 0.717) is 25.7 Å². The van der Waals surface area contributed by atoms with Crippen LogP contribution in [0.25, 0.3) is 0 Å². The smallest absolute Gasteiger partial charge is 0.331 e. The van der Waals surface area contributed by atoms with Crippen LogP contribution in [0.4, 0.5) is 0 Å². The molecule has 24 heteroatoms. The van der Waals surface area contributed by atoms with Crippen LogP contribution in [-0.2, 0) is 75.9 Å². The summed E-state index contributed by atoms with van der Waals surface area (Å²) < 4.78 is 85.9. The Hall–Kier alpha value is -2.22. The number of methoxy groups -OCH3 is 3. The summed E-state index contributed by atoms with van der Waals surface area (Å²) in [4.78, 5) is 26.2. The number of hydrogen-bond donors (Lipinski definition) is 8. The van der Waals surface area contributed by atoms with Gasteiger partial charge in [-0.2, -0.15) is 0 Å². The first kappa shape index (κ1) is 65.2. The average molecular weight is 1190 g/mol. The predicted octanol–water partition coefficient (Wildman–Crippen LogP) is 1.23. The van der Waals surface area contributed by atoms with E-state index in [0.717, 1.165) is 31.3 Å². The van der Waals surface area contributed by atoms with Crippen LogP contribution >= 0.6 is 0 Å². The van der Waals surface area contributed by atoms with Crippen molar-refractivity contribution in [1.29, 1.82) is 0 Å². The summed E-state index contributed by atoms with van der Waals surface area (Å²) in [6, 6.07) is 0. The number of carbonyl (C=O) groups excluding carboxylic acids is 2. The highest BCUT2D eigenvalue weighted by Gasteiger charge is 2.64. The van der Waals surface area contributed by atoms with Crippen LogP contribution < -0.4 is 0 Å². The average Bonchev–Trinajstić information content (AvgIpc) is 1.99. The third-order valence-corrected chi connectivity index (χ3v) is 20.2. The minimum atomic E-state index is -1.74. The lowest BCUT2D eigenvalue weighted by Crippen LogP contribution is -2.62. The first-order valence-corrected chi connectivity index (χ1v) is 29.9. The van der Waals surface area contributed by atoms with Gasteiger partial charge < -0.3 is 107 Å². The van der Waals surface area contributed by atoms with Gasteiger partial charge in [0.15, 0.2) is 37.6 Å². The van der Waals surface area contributed by atoms with Gasteiger partial charge in [0.1, 0.15) is 85.1 Å². The largest absolute Gasteiger partial charge is 0.454 e. The van der Waals surface area contributed by atoms with Crippen LogP contribution in [0.3, 0.4) is 0 Å². The highest BCUT2D eigenvalue weighted by molar-refractivity contribution is 5.82. The highest BCUT2D eigenvalue weighted by atomic mass is 16.8. The van der Waals surface area contributed by atoms with Gasteiger partial charge in [-0.1, -0.05) is 31.1 Å². The second-order valence-electron chi connectivity index (χ2n) is 25.6. The zero-order valence-electron chi connectivity index (χ0n) is 49.8. The van der Waals surface area contributed by atoms with Gasteiger partial charge in [0.2, 0.25) is 0 Å². The maximum absolute atomic E-state index is 13.8. The molecular formula is C59H94O24. The van der Waals surface area contributed by atoms with Crippen LogP contribution in [0, 0.1) is 34.5 Å². The highest BCUT2D eigenvalue weighted by Crippen LogP contribution is 2.67. The minimum absolute atomic E-state index is 0.0576. The Kier molecular flexibility index (Phi) is 21.1. The number of ketones is 1. The number of rotatable bonds is 18. The molecule has 9 aliphatic rings. The fraction of sp³-hybridized carbons (Fsp3) is 0.898. The van der Waals surface area contributed by atoms with Gasteiger partial charge in [0, 0.05) is 46.2 Å². The van der Waals surface area contributed by atoms with Gasteiger partial charge in [0.25, 0.3) is 0 Å². The van der Waals surface area contributed by atoms with E-state index in [-0.39, 0.29) is 41.5 Å². The Labute approximate surface area is 486 Å². The molecule has 24 nitrogen and oxygen atoms in total. The molecule has 5 saturated heterocycles. The molecule has 5 heterocycles. The molecule has 0 spiro atoms. The Bertz CT molecular complexity index is 2250. The first-order valence-electron chi connectivity index (χ1n) is 29.9. The Morgan fingerprint density at radius 2 is 1.20 bits per heavy atom. The van der Waals surface area contributed by atoms with Crippen molar-refractivity contribution in [2.75, 3.05) is 34.5 Å². The molecule has 8 fully saturated rings. The number of Topliss-reactive ketones (excluding diaryl/α,β-unsaturated/α-hetero) is 1. The van der Waals surface area contributed by atoms with Gasteiger partial charge >= 0.3 is 5.97 Å². The van der Waals surface area contributed by atoms with E-state index in [1.165, 1.54) is 18.8 Å². The molecule has 0 radical (unpaired) electrons. The fourth-order valence-corrected chi connectivity index (χ4v) is 15.8. The van der Waals surface area contributed by atoms with Gasteiger partial charge in [-0.15, -0.1) is 0 Å². The molecule has 0 unspecified atom stereocenters. The van der Waals surface area contributed by atoms with E-state index < -0.39 is 178 Å². The monoisotopic (exact) mass is 1190 g/mol. The van der Waals surface area contributed by atoms with E-state index in [4.69, 9.17) is 66.3 Å². The zero-order chi connectivity index (χ0) is 60.1. The number of esters is 1. The summed E-state index contributed by atoms with van der Waals surface area (Å²) >= 11 is 0. The van der Waals surface area contributed by atoms with Gasteiger partial charge in [0.05, 0.1) is 49.8 Å². The van der Waals surface area contributed by atoms with Crippen molar-refractivity contribution in [3.8, 4) is 0 Å². The number of aliphatic hydroxyl groups excluding tert-OH is 8. The van der Waals surface area contributed by atoms with E-state index >= 15 is 0 Å². The van der Waals surface area contributed by atoms with E-state index in [1.807, 2.05) is 34.6 Å². The number of hydrogen-bond acceptors (Lipinski definition) is 24. The maximum Gasteiger partial charge on any atom is 0.331 e. The summed E-state index contributed by atoms with van der Waals surface area (Å²) in [5.74, 6) is -0.538. The van der Waals surface area contributed by atoms with E-state index in [1.54, 1.807) is 21.1 Å². The molecule has 9 rings (SSSR count). The van der Waals surface area contributed by atoms with Crippen LogP contribution in [0.5, 0.6) is 0 Å².